The third-order valence-corrected chi connectivity index (χ3v) is 3.78. The Hall–Kier alpha value is -2.21. The molecule has 0 spiro atoms. The molecular formula is C14H15N5O. The summed E-state index contributed by atoms with van der Waals surface area (Å²) in [5, 5.41) is 15.8. The van der Waals surface area contributed by atoms with Gasteiger partial charge in [-0.1, -0.05) is 23.4 Å². The maximum Gasteiger partial charge on any atom is 0.279 e. The molecule has 102 valence electrons. The van der Waals surface area contributed by atoms with E-state index in [2.05, 4.69) is 25.7 Å². The van der Waals surface area contributed by atoms with E-state index in [1.807, 2.05) is 24.3 Å². The Bertz CT molecular complexity index is 726. The van der Waals surface area contributed by atoms with Crippen LogP contribution in [0.3, 0.4) is 0 Å². The molecule has 0 radical (unpaired) electrons. The number of aromatic nitrogens is 4. The predicted octanol–water partition coefficient (Wildman–Crippen LogP) is 2.08. The van der Waals surface area contributed by atoms with Gasteiger partial charge in [-0.05, 0) is 25.5 Å². The van der Waals surface area contributed by atoms with Crippen LogP contribution in [-0.2, 0) is 0 Å². The molecule has 4 rings (SSSR count). The molecule has 1 atom stereocenters. The molecule has 1 fully saturated rings. The van der Waals surface area contributed by atoms with Crippen LogP contribution >= 0.6 is 0 Å². The van der Waals surface area contributed by atoms with Gasteiger partial charge in [0.25, 0.3) is 5.89 Å². The molecule has 3 heterocycles. The normalized spacial score (nSPS) is 19.5. The fourth-order valence-electron chi connectivity index (χ4n) is 2.70. The Balaban J connectivity index is 1.70. The maximum atomic E-state index is 5.40. The maximum absolute atomic E-state index is 5.40. The van der Waals surface area contributed by atoms with Crippen LogP contribution in [0.25, 0.3) is 22.5 Å². The number of rotatable bonds is 2. The molecule has 0 bridgehead atoms. The monoisotopic (exact) mass is 269 g/mol. The standard InChI is InChI=1S/C14H15N5O/c1-2-6-11-10(5-1)12(18-17-11)14-16-13(19-20-14)9-4-3-7-15-8-9/h1-2,5-6,9,15H,3-4,7-8H2,(H,17,18). The van der Waals surface area contributed by atoms with Crippen molar-refractivity contribution in [2.75, 3.05) is 13.1 Å². The van der Waals surface area contributed by atoms with Gasteiger partial charge in [0.2, 0.25) is 0 Å². The minimum absolute atomic E-state index is 0.339. The van der Waals surface area contributed by atoms with Gasteiger partial charge in [-0.2, -0.15) is 10.1 Å². The first kappa shape index (κ1) is 11.6. The lowest BCUT2D eigenvalue weighted by Crippen LogP contribution is -2.28. The van der Waals surface area contributed by atoms with Crippen molar-refractivity contribution in [3.05, 3.63) is 30.1 Å². The Morgan fingerprint density at radius 1 is 1.25 bits per heavy atom. The van der Waals surface area contributed by atoms with Gasteiger partial charge >= 0.3 is 0 Å². The Morgan fingerprint density at radius 3 is 3.10 bits per heavy atom. The largest absolute Gasteiger partial charge is 0.332 e. The van der Waals surface area contributed by atoms with Crippen LogP contribution in [0.4, 0.5) is 0 Å². The summed E-state index contributed by atoms with van der Waals surface area (Å²) < 4.78 is 5.40. The SMILES string of the molecule is c1ccc2c(-c3nc(C4CCCNC4)no3)n[nH]c2c1. The van der Waals surface area contributed by atoms with Crippen LogP contribution < -0.4 is 5.32 Å². The highest BCUT2D eigenvalue weighted by atomic mass is 16.5. The van der Waals surface area contributed by atoms with Crippen molar-refractivity contribution in [3.63, 3.8) is 0 Å². The minimum atomic E-state index is 0.339. The molecule has 0 saturated carbocycles. The van der Waals surface area contributed by atoms with E-state index in [9.17, 15) is 0 Å². The van der Waals surface area contributed by atoms with Crippen LogP contribution in [0.5, 0.6) is 0 Å². The number of nitrogens with one attached hydrogen (secondary N) is 2. The number of H-pyrrole nitrogens is 1. The first-order valence-corrected chi connectivity index (χ1v) is 6.89. The molecule has 1 unspecified atom stereocenters. The number of piperidine rings is 1. The molecule has 1 aliphatic rings. The van der Waals surface area contributed by atoms with Crippen LogP contribution in [0, 0.1) is 0 Å². The van der Waals surface area contributed by atoms with Crippen LogP contribution in [-0.4, -0.2) is 33.4 Å². The molecule has 6 nitrogen and oxygen atoms in total. The van der Waals surface area contributed by atoms with Gasteiger partial charge in [0.15, 0.2) is 11.5 Å². The highest BCUT2D eigenvalue weighted by molar-refractivity contribution is 5.90. The summed E-state index contributed by atoms with van der Waals surface area (Å²) >= 11 is 0. The second-order valence-corrected chi connectivity index (χ2v) is 5.12. The molecule has 2 aromatic heterocycles. The summed E-state index contributed by atoms with van der Waals surface area (Å²) in [6.07, 6.45) is 2.26. The molecule has 2 N–H and O–H groups in total. The molecule has 0 aliphatic carbocycles. The molecular weight excluding hydrogens is 254 g/mol. The number of fused-ring (bicyclic) bond motifs is 1. The van der Waals surface area contributed by atoms with Crippen molar-refractivity contribution in [1.82, 2.24) is 25.7 Å². The summed E-state index contributed by atoms with van der Waals surface area (Å²) in [6.45, 7) is 1.99. The number of benzene rings is 1. The topological polar surface area (TPSA) is 79.6 Å². The van der Waals surface area contributed by atoms with Crippen LogP contribution in [0.15, 0.2) is 28.8 Å². The second-order valence-electron chi connectivity index (χ2n) is 5.12. The van der Waals surface area contributed by atoms with E-state index in [1.54, 1.807) is 0 Å². The van der Waals surface area contributed by atoms with Crippen molar-refractivity contribution in [2.45, 2.75) is 18.8 Å². The Kier molecular flexibility index (Phi) is 2.74. The summed E-state index contributed by atoms with van der Waals surface area (Å²) in [7, 11) is 0. The van der Waals surface area contributed by atoms with Gasteiger partial charge in [-0.25, -0.2) is 0 Å². The van der Waals surface area contributed by atoms with Crippen molar-refractivity contribution in [3.8, 4) is 11.6 Å². The Labute approximate surface area is 115 Å². The van der Waals surface area contributed by atoms with E-state index in [-0.39, 0.29) is 0 Å². The lowest BCUT2D eigenvalue weighted by atomic mass is 9.99. The quantitative estimate of drug-likeness (QED) is 0.744. The van der Waals surface area contributed by atoms with E-state index in [1.165, 1.54) is 0 Å². The summed E-state index contributed by atoms with van der Waals surface area (Å²) in [5.74, 6) is 1.61. The smallest absolute Gasteiger partial charge is 0.279 e. The zero-order valence-corrected chi connectivity index (χ0v) is 11.0. The number of nitrogens with zero attached hydrogens (tertiary/aromatic N) is 3. The number of para-hydroxylation sites is 1. The molecule has 0 amide bonds. The van der Waals surface area contributed by atoms with Gasteiger partial charge < -0.3 is 9.84 Å². The molecule has 6 heteroatoms. The van der Waals surface area contributed by atoms with E-state index in [4.69, 9.17) is 4.52 Å². The van der Waals surface area contributed by atoms with Gasteiger partial charge in [-0.3, -0.25) is 5.10 Å². The van der Waals surface area contributed by atoms with Crippen LogP contribution in [0.1, 0.15) is 24.6 Å². The summed E-state index contributed by atoms with van der Waals surface area (Å²) in [5.41, 5.74) is 1.70. The third kappa shape index (κ3) is 1.89. The Morgan fingerprint density at radius 2 is 2.20 bits per heavy atom. The van der Waals surface area contributed by atoms with Crippen molar-refractivity contribution < 1.29 is 4.52 Å². The van der Waals surface area contributed by atoms with E-state index in [0.717, 1.165) is 48.4 Å². The van der Waals surface area contributed by atoms with Crippen molar-refractivity contribution in [2.24, 2.45) is 0 Å². The van der Waals surface area contributed by atoms with E-state index in [0.29, 0.717) is 11.8 Å². The highest BCUT2D eigenvalue weighted by Crippen LogP contribution is 2.27. The minimum Gasteiger partial charge on any atom is -0.332 e. The van der Waals surface area contributed by atoms with E-state index >= 15 is 0 Å². The van der Waals surface area contributed by atoms with Crippen molar-refractivity contribution >= 4 is 10.9 Å². The second kappa shape index (κ2) is 4.72. The van der Waals surface area contributed by atoms with Gasteiger partial charge in [0.1, 0.15) is 0 Å². The lowest BCUT2D eigenvalue weighted by Gasteiger charge is -2.19. The first-order valence-electron chi connectivity index (χ1n) is 6.89. The highest BCUT2D eigenvalue weighted by Gasteiger charge is 2.22. The number of hydrogen-bond donors (Lipinski definition) is 2. The fourth-order valence-corrected chi connectivity index (χ4v) is 2.70. The average Bonchev–Trinajstić information content (AvgIpc) is 3.14. The third-order valence-electron chi connectivity index (χ3n) is 3.78. The van der Waals surface area contributed by atoms with Gasteiger partial charge in [0, 0.05) is 17.8 Å². The fraction of sp³-hybridized carbons (Fsp3) is 0.357. The van der Waals surface area contributed by atoms with Crippen molar-refractivity contribution in [1.29, 1.82) is 0 Å². The van der Waals surface area contributed by atoms with E-state index < -0.39 is 0 Å². The molecule has 20 heavy (non-hydrogen) atoms. The zero-order valence-electron chi connectivity index (χ0n) is 11.0. The van der Waals surface area contributed by atoms with Crippen LogP contribution in [0.2, 0.25) is 0 Å². The summed E-state index contributed by atoms with van der Waals surface area (Å²) in [4.78, 5) is 4.53. The predicted molar refractivity (Wildman–Crippen MR) is 74.2 cm³/mol. The molecule has 3 aromatic rings. The number of hydrogen-bond acceptors (Lipinski definition) is 5. The van der Waals surface area contributed by atoms with Gasteiger partial charge in [-0.15, -0.1) is 0 Å². The van der Waals surface area contributed by atoms with Gasteiger partial charge in [0.05, 0.1) is 5.52 Å². The zero-order chi connectivity index (χ0) is 13.4. The molecule has 1 aliphatic heterocycles. The lowest BCUT2D eigenvalue weighted by molar-refractivity contribution is 0.393. The first-order chi connectivity index (χ1) is 9.92. The number of aromatic amines is 1. The average molecular weight is 269 g/mol. The molecule has 1 saturated heterocycles. The molecule has 1 aromatic carbocycles. The summed E-state index contributed by atoms with van der Waals surface area (Å²) in [6, 6.07) is 7.93.